The molecule has 0 radical (unpaired) electrons. The van der Waals surface area contributed by atoms with Crippen LogP contribution in [0, 0.1) is 17.0 Å². The third-order valence-electron chi connectivity index (χ3n) is 1.21. The average Bonchev–Trinajstić information content (AvgIpc) is 2.03. The van der Waals surface area contributed by atoms with Crippen LogP contribution in [0.25, 0.3) is 0 Å². The minimum absolute atomic E-state index is 0.153. The molecule has 1 aromatic carbocycles. The zero-order valence-corrected chi connectivity index (χ0v) is 13.8. The Morgan fingerprint density at radius 1 is 1.36 bits per heavy atom. The second-order valence-electron chi connectivity index (χ2n) is 2.34. The predicted octanol–water partition coefficient (Wildman–Crippen LogP) is 4.48. The van der Waals surface area contributed by atoms with E-state index in [-0.39, 0.29) is 5.69 Å². The summed E-state index contributed by atoms with van der Waals surface area (Å²) in [6.45, 7) is 1.83. The Labute approximate surface area is 124 Å². The number of nitro groups is 1. The van der Waals surface area contributed by atoms with Gasteiger partial charge in [0.05, 0.1) is 4.92 Å². The number of alkyl halides is 3. The van der Waals surface area contributed by atoms with Crippen LogP contribution >= 0.6 is 67.8 Å². The molecule has 0 N–H and O–H groups in total. The first-order chi connectivity index (χ1) is 6.43. The normalized spacial score (nSPS) is 9.21. The highest BCUT2D eigenvalue weighted by Crippen LogP contribution is 2.16. The molecule has 0 aromatic heterocycles. The fourth-order valence-corrected chi connectivity index (χ4v) is 0.742. The maximum absolute atomic E-state index is 10.2. The van der Waals surface area contributed by atoms with Crippen LogP contribution in [0.5, 0.6) is 0 Å². The van der Waals surface area contributed by atoms with Gasteiger partial charge in [0.1, 0.15) is -0.0619 Å². The van der Waals surface area contributed by atoms with Crippen LogP contribution in [-0.4, -0.2) is 4.86 Å². The van der Waals surface area contributed by atoms with Crippen molar-refractivity contribution in [1.82, 2.24) is 0 Å². The van der Waals surface area contributed by atoms with Crippen LogP contribution in [0.4, 0.5) is 5.69 Å². The molecule has 0 spiro atoms. The molecule has 0 amide bonds. The van der Waals surface area contributed by atoms with Crippen LogP contribution in [0.1, 0.15) is 5.56 Å². The number of nitrogens with zero attached hydrogens (tertiary/aromatic N) is 1. The van der Waals surface area contributed by atoms with Gasteiger partial charge in [-0.15, -0.1) is 0 Å². The second-order valence-corrected chi connectivity index (χ2v) is 13.2. The van der Waals surface area contributed by atoms with E-state index in [2.05, 4.69) is 67.8 Å². The van der Waals surface area contributed by atoms with E-state index in [9.17, 15) is 10.1 Å². The van der Waals surface area contributed by atoms with E-state index in [1.807, 2.05) is 13.0 Å². The summed E-state index contributed by atoms with van der Waals surface area (Å²) in [5.74, 6) is 0. The zero-order chi connectivity index (χ0) is 11.1. The summed E-state index contributed by atoms with van der Waals surface area (Å²) in [7, 11) is 0. The molecule has 0 aliphatic carbocycles. The van der Waals surface area contributed by atoms with Crippen LogP contribution in [-0.2, 0) is 0 Å². The van der Waals surface area contributed by atoms with Gasteiger partial charge in [0.2, 0.25) is 0 Å². The van der Waals surface area contributed by atoms with E-state index in [0.717, 1.165) is 5.50 Å². The molecule has 1 rings (SSSR count). The first kappa shape index (κ1) is 14.8. The lowest BCUT2D eigenvalue weighted by molar-refractivity contribution is -0.384. The third-order valence-corrected chi connectivity index (χ3v) is 1.21. The van der Waals surface area contributed by atoms with Crippen molar-refractivity contribution in [3.63, 3.8) is 0 Å². The van der Waals surface area contributed by atoms with Crippen LogP contribution in [0.15, 0.2) is 24.3 Å². The van der Waals surface area contributed by atoms with Gasteiger partial charge in [0.15, 0.2) is 0 Å². The van der Waals surface area contributed by atoms with E-state index in [1.54, 1.807) is 12.1 Å². The molecule has 0 saturated carbocycles. The summed E-state index contributed by atoms with van der Waals surface area (Å²) >= 11 is 6.95. The smallest absolute Gasteiger partial charge is 0.258 e. The Bertz CT molecular complexity index is 302. The van der Waals surface area contributed by atoms with Gasteiger partial charge < -0.3 is 0 Å². The average molecular weight is 531 g/mol. The van der Waals surface area contributed by atoms with Crippen molar-refractivity contribution in [1.29, 1.82) is 0 Å². The number of aryl methyl sites for hydroxylation is 1. The molecule has 0 fully saturated rings. The monoisotopic (exact) mass is 531 g/mol. The molecule has 6 heteroatoms. The summed E-state index contributed by atoms with van der Waals surface area (Å²) in [6, 6.07) is 6.52. The molecule has 0 bridgehead atoms. The van der Waals surface area contributed by atoms with Crippen LogP contribution < -0.4 is 0 Å². The number of nitro benzene ring substituents is 1. The molecule has 0 atom stereocenters. The second kappa shape index (κ2) is 8.02. The number of non-ortho nitro benzene ring substituents is 1. The molecule has 1 aromatic rings. The number of hydrogen-bond donors (Lipinski definition) is 0. The Morgan fingerprint density at radius 2 is 1.86 bits per heavy atom. The summed E-state index contributed by atoms with van der Waals surface area (Å²) in [5.41, 5.74) is 1.06. The van der Waals surface area contributed by atoms with Gasteiger partial charge in [-0.05, 0) is 12.5 Å². The topological polar surface area (TPSA) is 43.1 Å². The molecule has 0 saturated heterocycles. The van der Waals surface area contributed by atoms with Gasteiger partial charge in [-0.1, -0.05) is 79.9 Å². The fraction of sp³-hybridized carbons (Fsp3) is 0.250. The van der Waals surface area contributed by atoms with E-state index in [0.29, 0.717) is 0 Å². The van der Waals surface area contributed by atoms with Crippen molar-refractivity contribution in [3.8, 4) is 0 Å². The molecular formula is C8H8I3NO2. The number of rotatable bonds is 1. The summed E-state index contributed by atoms with van der Waals surface area (Å²) < 4.78 is 0.743. The summed E-state index contributed by atoms with van der Waals surface area (Å²) in [6.07, 6.45) is 0. The lowest BCUT2D eigenvalue weighted by Crippen LogP contribution is -1.86. The van der Waals surface area contributed by atoms with Gasteiger partial charge in [-0.25, -0.2) is 0 Å². The van der Waals surface area contributed by atoms with Gasteiger partial charge >= 0.3 is 0 Å². The molecule has 14 heavy (non-hydrogen) atoms. The maximum atomic E-state index is 10.2. The van der Waals surface area contributed by atoms with Gasteiger partial charge in [-0.2, -0.15) is 0 Å². The van der Waals surface area contributed by atoms with Crippen LogP contribution in [0.2, 0.25) is 0 Å². The Kier molecular flexibility index (Phi) is 8.48. The minimum atomic E-state index is -0.396. The molecule has 0 unspecified atom stereocenters. The lowest BCUT2D eigenvalue weighted by Gasteiger charge is -1.90. The maximum Gasteiger partial charge on any atom is 0.269 e. The van der Waals surface area contributed by atoms with Crippen molar-refractivity contribution in [2.75, 3.05) is 0 Å². The molecule has 3 nitrogen and oxygen atoms in total. The fourth-order valence-electron chi connectivity index (χ4n) is 0.742. The molecule has 0 aliphatic rings. The Morgan fingerprint density at radius 3 is 2.14 bits per heavy atom. The van der Waals surface area contributed by atoms with E-state index >= 15 is 0 Å². The highest BCUT2D eigenvalue weighted by molar-refractivity contribution is 14.3. The Hall–Kier alpha value is 0.810. The van der Waals surface area contributed by atoms with Gasteiger partial charge in [0.25, 0.3) is 5.69 Å². The standard InChI is InChI=1S/C7H7NO2.CHI3/c1-6-3-2-4-7(5-6)8(9)10;2-1(3)4/h2-5H,1H3;1H. The van der Waals surface area contributed by atoms with Gasteiger partial charge in [0, 0.05) is 12.1 Å². The van der Waals surface area contributed by atoms with Crippen molar-refractivity contribution >= 4 is 73.5 Å². The number of benzene rings is 1. The third kappa shape index (κ3) is 8.15. The lowest BCUT2D eigenvalue weighted by atomic mass is 10.2. The van der Waals surface area contributed by atoms with Gasteiger partial charge in [-0.3, -0.25) is 10.1 Å². The summed E-state index contributed by atoms with van der Waals surface area (Å²) in [4.78, 5) is 9.76. The predicted molar refractivity (Wildman–Crippen MR) is 83.7 cm³/mol. The minimum Gasteiger partial charge on any atom is -0.258 e. The van der Waals surface area contributed by atoms with E-state index in [4.69, 9.17) is 0 Å². The quantitative estimate of drug-likeness (QED) is 0.233. The molecule has 78 valence electrons. The molecule has 0 aliphatic heterocycles. The van der Waals surface area contributed by atoms with Crippen molar-refractivity contribution in [2.45, 2.75) is 6.86 Å². The van der Waals surface area contributed by atoms with Crippen molar-refractivity contribution < 1.29 is 4.92 Å². The molecule has 0 heterocycles. The first-order valence-electron chi connectivity index (χ1n) is 3.56. The highest BCUT2D eigenvalue weighted by atomic mass is 127. The van der Waals surface area contributed by atoms with E-state index in [1.165, 1.54) is 6.07 Å². The number of halogens is 3. The highest BCUT2D eigenvalue weighted by Gasteiger charge is 2.01. The van der Waals surface area contributed by atoms with Crippen LogP contribution in [0.3, 0.4) is 0 Å². The molecular weight excluding hydrogens is 523 g/mol. The first-order valence-corrected chi connectivity index (χ1v) is 7.30. The largest absolute Gasteiger partial charge is 0.269 e. The summed E-state index contributed by atoms with van der Waals surface area (Å²) in [5, 5.41) is 10.2. The zero-order valence-electron chi connectivity index (χ0n) is 7.28. The van der Waals surface area contributed by atoms with Crippen molar-refractivity contribution in [3.05, 3.63) is 39.9 Å². The Balaban J connectivity index is 0.000000364. The van der Waals surface area contributed by atoms with Crippen molar-refractivity contribution in [2.24, 2.45) is 0 Å². The number of hydrogen-bond acceptors (Lipinski definition) is 2. The van der Waals surface area contributed by atoms with E-state index < -0.39 is 4.92 Å². The SMILES string of the molecule is Cc1cccc([N+](=O)[O-])c1.IC(I)I.